The summed E-state index contributed by atoms with van der Waals surface area (Å²) >= 11 is 3.81. The van der Waals surface area contributed by atoms with E-state index in [2.05, 4.69) is 50.5 Å². The summed E-state index contributed by atoms with van der Waals surface area (Å²) in [6, 6.07) is 0. The third-order valence-electron chi connectivity index (χ3n) is 10.4. The lowest BCUT2D eigenvalue weighted by atomic mass is 9.46. The van der Waals surface area contributed by atoms with Crippen LogP contribution in [0, 0.1) is 46.3 Å². The molecule has 1 N–H and O–H groups in total. The average molecular weight is 466 g/mol. The minimum absolute atomic E-state index is 0.244. The van der Waals surface area contributed by atoms with Crippen LogP contribution in [0.1, 0.15) is 105 Å². The number of aliphatic hydroxyl groups is 1. The summed E-state index contributed by atoms with van der Waals surface area (Å²) in [6.07, 6.45) is 14.6. The van der Waals surface area contributed by atoms with E-state index in [9.17, 15) is 5.11 Å². The number of hydrogen-bond acceptors (Lipinski definition) is 1. The van der Waals surface area contributed by atoms with Gasteiger partial charge in [-0.15, -0.1) is 0 Å². The van der Waals surface area contributed by atoms with E-state index in [1.807, 2.05) is 0 Å². The molecule has 3 saturated carbocycles. The van der Waals surface area contributed by atoms with Gasteiger partial charge in [-0.05, 0) is 97.7 Å². The normalized spacial score (nSPS) is 45.7. The summed E-state index contributed by atoms with van der Waals surface area (Å²) in [6.45, 7) is 12.6. The van der Waals surface area contributed by atoms with Crippen LogP contribution < -0.4 is 0 Å². The highest BCUT2D eigenvalue weighted by Crippen LogP contribution is 2.68. The van der Waals surface area contributed by atoms with Gasteiger partial charge < -0.3 is 5.11 Å². The molecule has 1 nitrogen and oxygen atoms in total. The Morgan fingerprint density at radius 1 is 0.966 bits per heavy atom. The smallest absolute Gasteiger partial charge is 0.0854 e. The van der Waals surface area contributed by atoms with Crippen LogP contribution in [0.3, 0.4) is 0 Å². The van der Waals surface area contributed by atoms with Gasteiger partial charge in [0, 0.05) is 4.48 Å². The molecule has 0 unspecified atom stereocenters. The van der Waals surface area contributed by atoms with Crippen molar-refractivity contribution in [2.75, 3.05) is 0 Å². The highest BCUT2D eigenvalue weighted by Gasteiger charge is 2.59. The van der Waals surface area contributed by atoms with Crippen molar-refractivity contribution < 1.29 is 5.11 Å². The zero-order chi connectivity index (χ0) is 21.0. The maximum atomic E-state index is 10.4. The van der Waals surface area contributed by atoms with Crippen molar-refractivity contribution in [3.63, 3.8) is 0 Å². The molecule has 29 heavy (non-hydrogen) atoms. The Balaban J connectivity index is 1.51. The Labute approximate surface area is 188 Å². The lowest BCUT2D eigenvalue weighted by Crippen LogP contribution is -2.51. The third kappa shape index (κ3) is 3.71. The molecular formula is C27H45BrO. The molecule has 0 aliphatic heterocycles. The van der Waals surface area contributed by atoms with Gasteiger partial charge in [0.25, 0.3) is 0 Å². The van der Waals surface area contributed by atoms with E-state index in [4.69, 9.17) is 0 Å². The van der Waals surface area contributed by atoms with Crippen LogP contribution in [-0.2, 0) is 0 Å². The van der Waals surface area contributed by atoms with Crippen LogP contribution >= 0.6 is 15.9 Å². The second-order valence-corrected chi connectivity index (χ2v) is 13.1. The van der Waals surface area contributed by atoms with Gasteiger partial charge in [-0.2, -0.15) is 0 Å². The van der Waals surface area contributed by atoms with Crippen molar-refractivity contribution in [2.45, 2.75) is 111 Å². The fraction of sp³-hybridized carbons (Fsp3) is 0.926. The summed E-state index contributed by atoms with van der Waals surface area (Å²) < 4.78 is 1.15. The summed E-state index contributed by atoms with van der Waals surface area (Å²) in [5, 5.41) is 10.4. The van der Waals surface area contributed by atoms with Crippen LogP contribution in [0.2, 0.25) is 0 Å². The molecule has 0 aromatic carbocycles. The molecule has 0 aromatic rings. The van der Waals surface area contributed by atoms with Gasteiger partial charge >= 0.3 is 0 Å². The molecular weight excluding hydrogens is 420 g/mol. The Morgan fingerprint density at radius 3 is 2.45 bits per heavy atom. The standard InChI is InChI=1S/C27H45BrO/c1-17(2)7-6-8-18(3)20-11-12-21-19-9-10-23-25(28)24(29)14-16-27(23,5)22(19)13-15-26(20,21)4/h17-22,24,29H,6-16H2,1-5H3/t18-,19+,20-,21+,22+,24+,26-,27-/m1/s1. The van der Waals surface area contributed by atoms with E-state index in [1.54, 1.807) is 5.57 Å². The van der Waals surface area contributed by atoms with Crippen molar-refractivity contribution >= 4 is 15.9 Å². The maximum absolute atomic E-state index is 10.4. The van der Waals surface area contributed by atoms with Gasteiger partial charge in [-0.25, -0.2) is 0 Å². The topological polar surface area (TPSA) is 20.2 Å². The van der Waals surface area contributed by atoms with E-state index < -0.39 is 0 Å². The maximum Gasteiger partial charge on any atom is 0.0854 e. The monoisotopic (exact) mass is 464 g/mol. The predicted octanol–water partition coefficient (Wildman–Crippen LogP) is 8.11. The number of hydrogen-bond donors (Lipinski definition) is 1. The van der Waals surface area contributed by atoms with Gasteiger partial charge in [-0.3, -0.25) is 0 Å². The zero-order valence-corrected chi connectivity index (χ0v) is 21.2. The van der Waals surface area contributed by atoms with Crippen molar-refractivity contribution in [1.29, 1.82) is 0 Å². The number of aliphatic hydroxyl groups excluding tert-OH is 1. The van der Waals surface area contributed by atoms with Crippen LogP contribution in [0.15, 0.2) is 10.1 Å². The highest BCUT2D eigenvalue weighted by molar-refractivity contribution is 9.11. The summed E-state index contributed by atoms with van der Waals surface area (Å²) in [5.74, 6) is 5.41. The minimum atomic E-state index is -0.244. The Hall–Kier alpha value is 0.180. The molecule has 0 saturated heterocycles. The molecule has 8 atom stereocenters. The SMILES string of the molecule is CC(C)CCC[C@@H](C)[C@H]1CC[C@H]2[C@@H]3CCC4=C(Br)[C@@H](O)CC[C@]4(C)[C@H]3CC[C@]12C. The summed E-state index contributed by atoms with van der Waals surface area (Å²) in [7, 11) is 0. The molecule has 166 valence electrons. The first-order valence-corrected chi connectivity index (χ1v) is 13.5. The first kappa shape index (κ1) is 22.4. The van der Waals surface area contributed by atoms with E-state index in [0.29, 0.717) is 10.8 Å². The van der Waals surface area contributed by atoms with Crippen LogP contribution in [0.5, 0.6) is 0 Å². The average Bonchev–Trinajstić information content (AvgIpc) is 3.02. The van der Waals surface area contributed by atoms with Gasteiger partial charge in [0.1, 0.15) is 0 Å². The predicted molar refractivity (Wildman–Crippen MR) is 127 cm³/mol. The van der Waals surface area contributed by atoms with Gasteiger partial charge in [-0.1, -0.05) is 75.4 Å². The first-order valence-electron chi connectivity index (χ1n) is 12.8. The minimum Gasteiger partial charge on any atom is -0.388 e. The van der Waals surface area contributed by atoms with Crippen molar-refractivity contribution in [3.8, 4) is 0 Å². The highest BCUT2D eigenvalue weighted by atomic mass is 79.9. The molecule has 4 aliphatic carbocycles. The van der Waals surface area contributed by atoms with Gasteiger partial charge in [0.05, 0.1) is 6.10 Å². The molecule has 0 amide bonds. The van der Waals surface area contributed by atoms with Crippen LogP contribution in [-0.4, -0.2) is 11.2 Å². The number of allylic oxidation sites excluding steroid dienone is 1. The zero-order valence-electron chi connectivity index (χ0n) is 19.6. The van der Waals surface area contributed by atoms with Crippen molar-refractivity contribution in [3.05, 3.63) is 10.1 Å². The molecule has 0 bridgehead atoms. The molecule has 4 rings (SSSR count). The van der Waals surface area contributed by atoms with Crippen LogP contribution in [0.4, 0.5) is 0 Å². The molecule has 0 radical (unpaired) electrons. The molecule has 2 heteroatoms. The van der Waals surface area contributed by atoms with Gasteiger partial charge in [0.15, 0.2) is 0 Å². The fourth-order valence-corrected chi connectivity index (χ4v) is 9.70. The van der Waals surface area contributed by atoms with Crippen LogP contribution in [0.25, 0.3) is 0 Å². The van der Waals surface area contributed by atoms with Gasteiger partial charge in [0.2, 0.25) is 0 Å². The molecule has 0 heterocycles. The second kappa shape index (κ2) is 8.27. The van der Waals surface area contributed by atoms with E-state index in [1.165, 1.54) is 64.2 Å². The van der Waals surface area contributed by atoms with Crippen molar-refractivity contribution in [2.24, 2.45) is 46.3 Å². The fourth-order valence-electron chi connectivity index (χ4n) is 8.82. The van der Waals surface area contributed by atoms with E-state index in [0.717, 1.165) is 46.4 Å². The molecule has 4 aliphatic rings. The lowest BCUT2D eigenvalue weighted by Gasteiger charge is -2.59. The quantitative estimate of drug-likeness (QED) is 0.435. The lowest BCUT2D eigenvalue weighted by molar-refractivity contribution is -0.0629. The molecule has 0 aromatic heterocycles. The Bertz CT molecular complexity index is 638. The summed E-state index contributed by atoms with van der Waals surface area (Å²) in [4.78, 5) is 0. The first-order chi connectivity index (χ1) is 13.7. The van der Waals surface area contributed by atoms with Crippen molar-refractivity contribution in [1.82, 2.24) is 0 Å². The molecule has 0 spiro atoms. The third-order valence-corrected chi connectivity index (χ3v) is 11.4. The van der Waals surface area contributed by atoms with E-state index in [-0.39, 0.29) is 6.10 Å². The Kier molecular flexibility index (Phi) is 6.38. The number of halogens is 1. The largest absolute Gasteiger partial charge is 0.388 e. The molecule has 3 fully saturated rings. The number of fused-ring (bicyclic) bond motifs is 5. The summed E-state index contributed by atoms with van der Waals surface area (Å²) in [5.41, 5.74) is 2.50. The second-order valence-electron chi connectivity index (χ2n) is 12.2. The van der Waals surface area contributed by atoms with E-state index >= 15 is 0 Å². The number of rotatable bonds is 5. The Morgan fingerprint density at radius 2 is 1.72 bits per heavy atom.